The molecular formula is C22H18N4O3S. The highest BCUT2D eigenvalue weighted by atomic mass is 32.2. The molecule has 0 aliphatic rings. The molecule has 0 spiro atoms. The number of aromatic nitrogens is 3. The number of aryl methyl sites for hydroxylation is 1. The summed E-state index contributed by atoms with van der Waals surface area (Å²) in [6, 6.07) is 17.4. The molecule has 0 saturated carbocycles. The first-order valence-electron chi connectivity index (χ1n) is 9.30. The van der Waals surface area contributed by atoms with Crippen molar-refractivity contribution < 1.29 is 4.92 Å². The maximum Gasteiger partial charge on any atom is 0.269 e. The van der Waals surface area contributed by atoms with Crippen LogP contribution in [0, 0.1) is 17.0 Å². The van der Waals surface area contributed by atoms with E-state index in [1.807, 2.05) is 38.1 Å². The molecular weight excluding hydrogens is 400 g/mol. The van der Waals surface area contributed by atoms with Gasteiger partial charge in [0.15, 0.2) is 5.16 Å². The van der Waals surface area contributed by atoms with Gasteiger partial charge in [-0.25, -0.2) is 14.5 Å². The molecule has 0 aliphatic carbocycles. The van der Waals surface area contributed by atoms with E-state index in [2.05, 4.69) is 4.98 Å². The van der Waals surface area contributed by atoms with E-state index < -0.39 is 4.92 Å². The van der Waals surface area contributed by atoms with Crippen LogP contribution < -0.4 is 5.56 Å². The smallest absolute Gasteiger partial charge is 0.268 e. The number of non-ortho nitro benzene ring substituents is 1. The molecule has 0 N–H and O–H groups in total. The number of hydrogen-bond acceptors (Lipinski definition) is 6. The van der Waals surface area contributed by atoms with Crippen LogP contribution in [0.1, 0.15) is 23.3 Å². The summed E-state index contributed by atoms with van der Waals surface area (Å²) in [6.45, 7) is 3.82. The highest BCUT2D eigenvalue weighted by Gasteiger charge is 2.19. The van der Waals surface area contributed by atoms with E-state index in [9.17, 15) is 14.9 Å². The standard InChI is InChI=1S/C22H18N4O3S/c1-14-7-6-12-23-20(14)25-21(27)18-10-3-4-11-19(18)24-22(25)30-15(2)16-8-5-9-17(13-16)26(28)29/h3-13,15H,1-2H3. The minimum Gasteiger partial charge on any atom is -0.268 e. The van der Waals surface area contributed by atoms with Crippen molar-refractivity contribution in [2.45, 2.75) is 24.3 Å². The van der Waals surface area contributed by atoms with Crippen molar-refractivity contribution in [2.75, 3.05) is 0 Å². The fourth-order valence-corrected chi connectivity index (χ4v) is 4.23. The van der Waals surface area contributed by atoms with Crippen LogP contribution in [0.25, 0.3) is 16.7 Å². The second kappa shape index (κ2) is 8.08. The summed E-state index contributed by atoms with van der Waals surface area (Å²) in [7, 11) is 0. The molecule has 0 bridgehead atoms. The summed E-state index contributed by atoms with van der Waals surface area (Å²) in [4.78, 5) is 33.2. The molecule has 1 unspecified atom stereocenters. The normalized spacial score (nSPS) is 12.1. The van der Waals surface area contributed by atoms with Crippen molar-refractivity contribution >= 4 is 28.4 Å². The van der Waals surface area contributed by atoms with Crippen molar-refractivity contribution in [3.8, 4) is 5.82 Å². The second-order valence-electron chi connectivity index (χ2n) is 6.81. The van der Waals surface area contributed by atoms with Gasteiger partial charge in [-0.2, -0.15) is 0 Å². The number of rotatable bonds is 5. The highest BCUT2D eigenvalue weighted by molar-refractivity contribution is 7.99. The lowest BCUT2D eigenvalue weighted by Gasteiger charge is -2.17. The van der Waals surface area contributed by atoms with Crippen molar-refractivity contribution in [3.63, 3.8) is 0 Å². The third kappa shape index (κ3) is 3.69. The number of pyridine rings is 1. The zero-order valence-corrected chi connectivity index (χ0v) is 17.2. The molecule has 1 atom stereocenters. The van der Waals surface area contributed by atoms with Crippen LogP contribution in [0.2, 0.25) is 0 Å². The van der Waals surface area contributed by atoms with Crippen LogP contribution in [-0.2, 0) is 0 Å². The van der Waals surface area contributed by atoms with E-state index in [-0.39, 0.29) is 16.5 Å². The average Bonchev–Trinajstić information content (AvgIpc) is 2.75. The minimum atomic E-state index is -0.414. The monoisotopic (exact) mass is 418 g/mol. The molecule has 0 amide bonds. The number of hydrogen-bond donors (Lipinski definition) is 0. The Labute approximate surface area is 176 Å². The first-order chi connectivity index (χ1) is 14.5. The van der Waals surface area contributed by atoms with Gasteiger partial charge in [0, 0.05) is 23.6 Å². The Balaban J connectivity index is 1.87. The molecule has 4 rings (SSSR count). The molecule has 2 aromatic carbocycles. The van der Waals surface area contributed by atoms with Crippen LogP contribution in [0.4, 0.5) is 5.69 Å². The highest BCUT2D eigenvalue weighted by Crippen LogP contribution is 2.36. The average molecular weight is 418 g/mol. The lowest BCUT2D eigenvalue weighted by molar-refractivity contribution is -0.384. The molecule has 0 saturated heterocycles. The summed E-state index contributed by atoms with van der Waals surface area (Å²) in [5.41, 5.74) is 2.06. The minimum absolute atomic E-state index is 0.0318. The van der Waals surface area contributed by atoms with E-state index >= 15 is 0 Å². The van der Waals surface area contributed by atoms with Gasteiger partial charge >= 0.3 is 0 Å². The van der Waals surface area contributed by atoms with E-state index in [4.69, 9.17) is 4.98 Å². The fourth-order valence-electron chi connectivity index (χ4n) is 3.21. The summed E-state index contributed by atoms with van der Waals surface area (Å²) in [5, 5.41) is 12.0. The van der Waals surface area contributed by atoms with Gasteiger partial charge in [0.05, 0.1) is 15.8 Å². The van der Waals surface area contributed by atoms with Crippen molar-refractivity contribution in [2.24, 2.45) is 0 Å². The largest absolute Gasteiger partial charge is 0.269 e. The van der Waals surface area contributed by atoms with E-state index in [0.29, 0.717) is 21.9 Å². The van der Waals surface area contributed by atoms with Gasteiger partial charge in [0.25, 0.3) is 11.2 Å². The fraction of sp³-hybridized carbons (Fsp3) is 0.136. The summed E-state index contributed by atoms with van der Waals surface area (Å²) >= 11 is 1.37. The van der Waals surface area contributed by atoms with Gasteiger partial charge in [-0.15, -0.1) is 0 Å². The third-order valence-corrected chi connectivity index (χ3v) is 5.88. The Kier molecular flexibility index (Phi) is 5.33. The number of benzene rings is 2. The topological polar surface area (TPSA) is 90.9 Å². The summed E-state index contributed by atoms with van der Waals surface area (Å²) in [6.07, 6.45) is 1.64. The number of fused-ring (bicyclic) bond motifs is 1. The Morgan fingerprint density at radius 2 is 1.90 bits per heavy atom. The number of para-hydroxylation sites is 1. The molecule has 2 aromatic heterocycles. The van der Waals surface area contributed by atoms with Crippen molar-refractivity contribution in [1.29, 1.82) is 0 Å². The summed E-state index contributed by atoms with van der Waals surface area (Å²) < 4.78 is 1.52. The third-order valence-electron chi connectivity index (χ3n) is 4.77. The first kappa shape index (κ1) is 19.8. The van der Waals surface area contributed by atoms with Crippen LogP contribution in [-0.4, -0.2) is 19.5 Å². The number of nitro groups is 1. The van der Waals surface area contributed by atoms with Gasteiger partial charge in [0.1, 0.15) is 5.82 Å². The van der Waals surface area contributed by atoms with Gasteiger partial charge in [0.2, 0.25) is 0 Å². The van der Waals surface area contributed by atoms with Crippen LogP contribution in [0.15, 0.2) is 76.8 Å². The molecule has 0 aliphatic heterocycles. The second-order valence-corrected chi connectivity index (χ2v) is 8.12. The zero-order chi connectivity index (χ0) is 21.3. The Morgan fingerprint density at radius 1 is 1.10 bits per heavy atom. The van der Waals surface area contributed by atoms with E-state index in [1.165, 1.54) is 22.4 Å². The molecule has 4 aromatic rings. The predicted molar refractivity (Wildman–Crippen MR) is 117 cm³/mol. The van der Waals surface area contributed by atoms with Crippen LogP contribution in [0.5, 0.6) is 0 Å². The Hall–Kier alpha value is -3.52. The van der Waals surface area contributed by atoms with Gasteiger partial charge < -0.3 is 0 Å². The van der Waals surface area contributed by atoms with E-state index in [1.54, 1.807) is 36.5 Å². The van der Waals surface area contributed by atoms with Gasteiger partial charge in [-0.1, -0.05) is 42.1 Å². The predicted octanol–water partition coefficient (Wildman–Crippen LogP) is 4.85. The van der Waals surface area contributed by atoms with Gasteiger partial charge in [-0.3, -0.25) is 14.9 Å². The Bertz CT molecular complexity index is 1320. The van der Waals surface area contributed by atoms with Gasteiger partial charge in [-0.05, 0) is 43.2 Å². The molecule has 2 heterocycles. The first-order valence-corrected chi connectivity index (χ1v) is 10.2. The Morgan fingerprint density at radius 3 is 2.67 bits per heavy atom. The summed E-state index contributed by atoms with van der Waals surface area (Å²) in [5.74, 6) is 0.523. The molecule has 0 fully saturated rings. The maximum absolute atomic E-state index is 13.3. The van der Waals surface area contributed by atoms with E-state index in [0.717, 1.165) is 11.1 Å². The maximum atomic E-state index is 13.3. The molecule has 7 nitrogen and oxygen atoms in total. The van der Waals surface area contributed by atoms with Crippen molar-refractivity contribution in [3.05, 3.63) is 98.5 Å². The molecule has 150 valence electrons. The quantitative estimate of drug-likeness (QED) is 0.199. The lowest BCUT2D eigenvalue weighted by atomic mass is 10.1. The van der Waals surface area contributed by atoms with Crippen molar-refractivity contribution in [1.82, 2.24) is 14.5 Å². The number of thioether (sulfide) groups is 1. The van der Waals surface area contributed by atoms with Crippen LogP contribution in [0.3, 0.4) is 0 Å². The number of nitrogens with zero attached hydrogens (tertiary/aromatic N) is 4. The SMILES string of the molecule is Cc1cccnc1-n1c(SC(C)c2cccc([N+](=O)[O-])c2)nc2ccccc2c1=O. The number of nitro benzene ring substituents is 1. The molecule has 8 heteroatoms. The zero-order valence-electron chi connectivity index (χ0n) is 16.4. The molecule has 30 heavy (non-hydrogen) atoms. The van der Waals surface area contributed by atoms with Crippen LogP contribution >= 0.6 is 11.8 Å². The molecule has 0 radical (unpaired) electrons. The lowest BCUT2D eigenvalue weighted by Crippen LogP contribution is -2.23.